The summed E-state index contributed by atoms with van der Waals surface area (Å²) in [6.07, 6.45) is 6.57. The van der Waals surface area contributed by atoms with E-state index in [4.69, 9.17) is 4.74 Å². The smallest absolute Gasteiger partial charge is 0.228 e. The molecular formula is C15H17NO2. The number of allylic oxidation sites excluding steroid dienone is 2. The van der Waals surface area contributed by atoms with Crippen LogP contribution in [0.3, 0.4) is 0 Å². The van der Waals surface area contributed by atoms with Crippen LogP contribution in [-0.4, -0.2) is 13.0 Å². The summed E-state index contributed by atoms with van der Waals surface area (Å²) in [7, 11) is 1.62. The molecule has 3 rings (SSSR count). The average molecular weight is 243 g/mol. The van der Waals surface area contributed by atoms with Crippen LogP contribution < -0.4 is 10.1 Å². The van der Waals surface area contributed by atoms with Crippen LogP contribution in [0.2, 0.25) is 0 Å². The Balaban J connectivity index is 1.73. The first-order valence-corrected chi connectivity index (χ1v) is 6.40. The molecule has 94 valence electrons. The highest BCUT2D eigenvalue weighted by Crippen LogP contribution is 2.44. The van der Waals surface area contributed by atoms with E-state index in [1.165, 1.54) is 0 Å². The van der Waals surface area contributed by atoms with Gasteiger partial charge in [0.25, 0.3) is 0 Å². The number of benzene rings is 1. The van der Waals surface area contributed by atoms with E-state index in [1.807, 2.05) is 24.3 Å². The Morgan fingerprint density at radius 1 is 1.28 bits per heavy atom. The molecule has 3 atom stereocenters. The molecule has 18 heavy (non-hydrogen) atoms. The molecule has 0 saturated heterocycles. The van der Waals surface area contributed by atoms with E-state index in [-0.39, 0.29) is 11.8 Å². The topological polar surface area (TPSA) is 38.3 Å². The first-order chi connectivity index (χ1) is 8.78. The standard InChI is InChI=1S/C15H17NO2/c1-18-14-5-3-2-4-13(14)16-15(17)12-9-10-6-7-11(12)8-10/h2-7,10-12H,8-9H2,1H3,(H,16,17). The fraction of sp³-hybridized carbons (Fsp3) is 0.400. The molecule has 1 fully saturated rings. The maximum absolute atomic E-state index is 12.3. The van der Waals surface area contributed by atoms with Crippen LogP contribution in [0.4, 0.5) is 5.69 Å². The number of rotatable bonds is 3. The van der Waals surface area contributed by atoms with Crippen molar-refractivity contribution < 1.29 is 9.53 Å². The number of methoxy groups -OCH3 is 1. The monoisotopic (exact) mass is 243 g/mol. The van der Waals surface area contributed by atoms with E-state index in [2.05, 4.69) is 17.5 Å². The number of fused-ring (bicyclic) bond motifs is 2. The molecule has 1 aromatic rings. The number of hydrogen-bond acceptors (Lipinski definition) is 2. The summed E-state index contributed by atoms with van der Waals surface area (Å²) in [6.45, 7) is 0. The van der Waals surface area contributed by atoms with E-state index >= 15 is 0 Å². The predicted octanol–water partition coefficient (Wildman–Crippen LogP) is 2.85. The molecule has 1 aromatic carbocycles. The average Bonchev–Trinajstić information content (AvgIpc) is 3.01. The van der Waals surface area contributed by atoms with E-state index < -0.39 is 0 Å². The Bertz CT molecular complexity index is 495. The van der Waals surface area contributed by atoms with Gasteiger partial charge in [0, 0.05) is 5.92 Å². The maximum Gasteiger partial charge on any atom is 0.228 e. The third kappa shape index (κ3) is 1.90. The summed E-state index contributed by atoms with van der Waals surface area (Å²) < 4.78 is 5.24. The van der Waals surface area contributed by atoms with Crippen LogP contribution in [-0.2, 0) is 4.79 Å². The second-order valence-corrected chi connectivity index (χ2v) is 5.08. The van der Waals surface area contributed by atoms with E-state index in [1.54, 1.807) is 7.11 Å². The Hall–Kier alpha value is -1.77. The molecule has 2 bridgehead atoms. The van der Waals surface area contributed by atoms with Crippen molar-refractivity contribution in [2.75, 3.05) is 12.4 Å². The van der Waals surface area contributed by atoms with E-state index in [0.717, 1.165) is 18.5 Å². The molecule has 0 heterocycles. The second kappa shape index (κ2) is 4.48. The fourth-order valence-corrected chi connectivity index (χ4v) is 3.06. The van der Waals surface area contributed by atoms with Crippen LogP contribution in [0.15, 0.2) is 36.4 Å². The van der Waals surface area contributed by atoms with Crippen molar-refractivity contribution in [2.45, 2.75) is 12.8 Å². The number of carbonyl (C=O) groups is 1. The first kappa shape index (κ1) is 11.3. The number of carbonyl (C=O) groups excluding carboxylic acids is 1. The highest BCUT2D eigenvalue weighted by atomic mass is 16.5. The Morgan fingerprint density at radius 2 is 2.11 bits per heavy atom. The summed E-state index contributed by atoms with van der Waals surface area (Å²) in [5, 5.41) is 2.99. The van der Waals surface area contributed by atoms with Crippen LogP contribution >= 0.6 is 0 Å². The Kier molecular flexibility index (Phi) is 2.82. The summed E-state index contributed by atoms with van der Waals surface area (Å²) >= 11 is 0. The number of hydrogen-bond donors (Lipinski definition) is 1. The predicted molar refractivity (Wildman–Crippen MR) is 70.5 cm³/mol. The molecule has 1 saturated carbocycles. The molecular weight excluding hydrogens is 226 g/mol. The van der Waals surface area contributed by atoms with Crippen LogP contribution in [0, 0.1) is 17.8 Å². The van der Waals surface area contributed by atoms with Gasteiger partial charge in [0.15, 0.2) is 0 Å². The van der Waals surface area contributed by atoms with Crippen LogP contribution in [0.25, 0.3) is 0 Å². The highest BCUT2D eigenvalue weighted by molar-refractivity contribution is 5.94. The third-order valence-electron chi connectivity index (χ3n) is 3.98. The van der Waals surface area contributed by atoms with Crippen molar-refractivity contribution >= 4 is 11.6 Å². The second-order valence-electron chi connectivity index (χ2n) is 5.08. The zero-order valence-corrected chi connectivity index (χ0v) is 10.4. The largest absolute Gasteiger partial charge is 0.495 e. The minimum absolute atomic E-state index is 0.122. The van der Waals surface area contributed by atoms with E-state index in [9.17, 15) is 4.79 Å². The molecule has 1 N–H and O–H groups in total. The molecule has 0 aromatic heterocycles. The molecule has 2 aliphatic carbocycles. The minimum Gasteiger partial charge on any atom is -0.495 e. The number of nitrogens with one attached hydrogen (secondary N) is 1. The molecule has 0 spiro atoms. The molecule has 0 radical (unpaired) electrons. The van der Waals surface area contributed by atoms with Crippen molar-refractivity contribution in [3.8, 4) is 5.75 Å². The van der Waals surface area contributed by atoms with Gasteiger partial charge in [-0.3, -0.25) is 4.79 Å². The lowest BCUT2D eigenvalue weighted by molar-refractivity contribution is -0.120. The molecule has 0 aliphatic heterocycles. The number of anilines is 1. The zero-order chi connectivity index (χ0) is 12.5. The van der Waals surface area contributed by atoms with Gasteiger partial charge < -0.3 is 10.1 Å². The number of para-hydroxylation sites is 2. The molecule has 3 unspecified atom stereocenters. The number of ether oxygens (including phenoxy) is 1. The van der Waals surface area contributed by atoms with Crippen LogP contribution in [0.5, 0.6) is 5.75 Å². The van der Waals surface area contributed by atoms with Crippen molar-refractivity contribution in [2.24, 2.45) is 17.8 Å². The fourth-order valence-electron chi connectivity index (χ4n) is 3.06. The Morgan fingerprint density at radius 3 is 2.78 bits per heavy atom. The van der Waals surface area contributed by atoms with Gasteiger partial charge in [0.2, 0.25) is 5.91 Å². The lowest BCUT2D eigenvalue weighted by Crippen LogP contribution is -2.26. The van der Waals surface area contributed by atoms with Gasteiger partial charge in [-0.05, 0) is 36.8 Å². The van der Waals surface area contributed by atoms with Gasteiger partial charge in [-0.25, -0.2) is 0 Å². The van der Waals surface area contributed by atoms with Crippen LogP contribution in [0.1, 0.15) is 12.8 Å². The van der Waals surface area contributed by atoms with Gasteiger partial charge in [-0.2, -0.15) is 0 Å². The quantitative estimate of drug-likeness (QED) is 0.829. The molecule has 2 aliphatic rings. The summed E-state index contributed by atoms with van der Waals surface area (Å²) in [5.74, 6) is 2.01. The highest BCUT2D eigenvalue weighted by Gasteiger charge is 2.39. The summed E-state index contributed by atoms with van der Waals surface area (Å²) in [5.41, 5.74) is 0.761. The van der Waals surface area contributed by atoms with Crippen molar-refractivity contribution in [1.82, 2.24) is 0 Å². The SMILES string of the molecule is COc1ccccc1NC(=O)C1CC2C=CC1C2. The molecule has 3 nitrogen and oxygen atoms in total. The van der Waals surface area contributed by atoms with Gasteiger partial charge >= 0.3 is 0 Å². The first-order valence-electron chi connectivity index (χ1n) is 6.40. The molecule has 1 amide bonds. The summed E-state index contributed by atoms with van der Waals surface area (Å²) in [4.78, 5) is 12.3. The van der Waals surface area contributed by atoms with Crippen molar-refractivity contribution in [3.05, 3.63) is 36.4 Å². The molecule has 3 heteroatoms. The normalized spacial score (nSPS) is 28.4. The van der Waals surface area contributed by atoms with E-state index in [0.29, 0.717) is 17.6 Å². The van der Waals surface area contributed by atoms with Crippen molar-refractivity contribution in [1.29, 1.82) is 0 Å². The minimum atomic E-state index is 0.122. The zero-order valence-electron chi connectivity index (χ0n) is 10.4. The van der Waals surface area contributed by atoms with Gasteiger partial charge in [-0.15, -0.1) is 0 Å². The van der Waals surface area contributed by atoms with Gasteiger partial charge in [0.1, 0.15) is 5.75 Å². The third-order valence-corrected chi connectivity index (χ3v) is 3.98. The van der Waals surface area contributed by atoms with Gasteiger partial charge in [0.05, 0.1) is 12.8 Å². The lowest BCUT2D eigenvalue weighted by atomic mass is 9.93. The van der Waals surface area contributed by atoms with Gasteiger partial charge in [-0.1, -0.05) is 24.3 Å². The Labute approximate surface area is 107 Å². The van der Waals surface area contributed by atoms with Crippen molar-refractivity contribution in [3.63, 3.8) is 0 Å². The summed E-state index contributed by atoms with van der Waals surface area (Å²) in [6, 6.07) is 7.53. The maximum atomic E-state index is 12.3. The lowest BCUT2D eigenvalue weighted by Gasteiger charge is -2.18. The number of amides is 1.